The zero-order valence-corrected chi connectivity index (χ0v) is 17.7. The smallest absolute Gasteiger partial charge is 0.257 e. The van der Waals surface area contributed by atoms with Gasteiger partial charge >= 0.3 is 0 Å². The molecule has 1 amide bonds. The number of halogens is 1. The van der Waals surface area contributed by atoms with Crippen molar-refractivity contribution >= 4 is 21.8 Å². The quantitative estimate of drug-likeness (QED) is 0.630. The first kappa shape index (κ1) is 19.7. The first-order valence-electron chi connectivity index (χ1n) is 10.1. The summed E-state index contributed by atoms with van der Waals surface area (Å²) in [5, 5.41) is 0. The topological polar surface area (TPSA) is 55.4 Å². The minimum absolute atomic E-state index is 0.0841. The predicted molar refractivity (Wildman–Crippen MR) is 119 cm³/mol. The highest BCUT2D eigenvalue weighted by Crippen LogP contribution is 2.40. The molecule has 0 aromatic heterocycles. The molecule has 1 unspecified atom stereocenters. The Morgan fingerprint density at radius 3 is 2.55 bits per heavy atom. The van der Waals surface area contributed by atoms with Crippen LogP contribution in [0.3, 0.4) is 0 Å². The van der Waals surface area contributed by atoms with Crippen LogP contribution < -0.4 is 9.46 Å². The number of benzene rings is 3. The number of aryl methyl sites for hydroxylation is 1. The molecule has 1 aliphatic heterocycles. The second-order valence-electron chi connectivity index (χ2n) is 7.75. The normalized spacial score (nSPS) is 19.7. The van der Waals surface area contributed by atoms with Crippen LogP contribution in [0.1, 0.15) is 34.8 Å². The first-order valence-corrected chi connectivity index (χ1v) is 11.2. The van der Waals surface area contributed by atoms with Gasteiger partial charge in [0.1, 0.15) is 17.7 Å². The Morgan fingerprint density at radius 1 is 1.06 bits per heavy atom. The number of nitrogens with one attached hydrogen (secondary N) is 1. The Balaban J connectivity index is 1.39. The first-order chi connectivity index (χ1) is 15.0. The van der Waals surface area contributed by atoms with E-state index in [-0.39, 0.29) is 17.8 Å². The third-order valence-electron chi connectivity index (χ3n) is 5.77. The number of hydrogen-bond donors (Lipinski definition) is 1. The Labute approximate surface area is 182 Å². The molecule has 2 aliphatic rings. The van der Waals surface area contributed by atoms with Gasteiger partial charge in [-0.05, 0) is 71.3 Å². The minimum Gasteiger partial charge on any atom is -0.486 e. The number of carbonyl (C=O) groups is 1. The predicted octanol–water partition coefficient (Wildman–Crippen LogP) is 5.00. The van der Waals surface area contributed by atoms with E-state index in [2.05, 4.69) is 10.8 Å². The lowest BCUT2D eigenvalue weighted by molar-refractivity contribution is -0.114. The van der Waals surface area contributed by atoms with Crippen LogP contribution in [0.15, 0.2) is 66.7 Å². The molecule has 1 heterocycles. The molecule has 1 aliphatic carbocycles. The van der Waals surface area contributed by atoms with Crippen molar-refractivity contribution in [3.63, 3.8) is 0 Å². The van der Waals surface area contributed by atoms with Gasteiger partial charge in [0.15, 0.2) is 11.0 Å². The number of rotatable bonds is 4. The van der Waals surface area contributed by atoms with Gasteiger partial charge < -0.3 is 4.74 Å². The van der Waals surface area contributed by atoms with E-state index in [1.807, 2.05) is 36.4 Å². The fourth-order valence-corrected chi connectivity index (χ4v) is 5.09. The van der Waals surface area contributed by atoms with Crippen molar-refractivity contribution in [1.29, 1.82) is 0 Å². The third kappa shape index (κ3) is 3.68. The van der Waals surface area contributed by atoms with Gasteiger partial charge in [-0.1, -0.05) is 42.5 Å². The Kier molecular flexibility index (Phi) is 4.94. The highest BCUT2D eigenvalue weighted by Gasteiger charge is 2.27. The average molecular weight is 434 g/mol. The number of amides is 1. The van der Waals surface area contributed by atoms with E-state index in [4.69, 9.17) is 4.74 Å². The van der Waals surface area contributed by atoms with Crippen LogP contribution in [0.2, 0.25) is 0 Å². The molecule has 31 heavy (non-hydrogen) atoms. The molecule has 3 aromatic rings. The van der Waals surface area contributed by atoms with E-state index in [1.54, 1.807) is 25.1 Å². The summed E-state index contributed by atoms with van der Waals surface area (Å²) in [6, 6.07) is 18.7. The minimum atomic E-state index is -1.51. The maximum Gasteiger partial charge on any atom is 0.257 e. The molecule has 1 N–H and O–H groups in total. The van der Waals surface area contributed by atoms with Crippen LogP contribution >= 0.6 is 0 Å². The van der Waals surface area contributed by atoms with E-state index < -0.39 is 11.0 Å². The monoisotopic (exact) mass is 433 g/mol. The van der Waals surface area contributed by atoms with Crippen molar-refractivity contribution in [3.05, 3.63) is 94.8 Å². The molecular formula is C25H20FNO3S. The zero-order valence-electron chi connectivity index (χ0n) is 16.9. The second-order valence-corrected chi connectivity index (χ2v) is 8.93. The molecule has 3 aromatic carbocycles. The largest absolute Gasteiger partial charge is 0.486 e. The van der Waals surface area contributed by atoms with Crippen molar-refractivity contribution < 1.29 is 18.1 Å². The van der Waals surface area contributed by atoms with Crippen LogP contribution in [0.4, 0.5) is 4.39 Å². The fourth-order valence-electron chi connectivity index (χ4n) is 4.17. The maximum absolute atomic E-state index is 14.1. The summed E-state index contributed by atoms with van der Waals surface area (Å²) in [6.45, 7) is 1.76. The molecule has 0 saturated carbocycles. The summed E-state index contributed by atoms with van der Waals surface area (Å²) >= 11 is 0. The molecule has 0 radical (unpaired) electrons. The van der Waals surface area contributed by atoms with Crippen LogP contribution in [-0.2, 0) is 22.2 Å². The molecular weight excluding hydrogens is 413 g/mol. The lowest BCUT2D eigenvalue weighted by atomic mass is 9.96. The van der Waals surface area contributed by atoms with Crippen LogP contribution in [0.5, 0.6) is 5.75 Å². The highest BCUT2D eigenvalue weighted by atomic mass is 32.2. The Hall–Kier alpha value is -3.25. The molecule has 0 fully saturated rings. The van der Waals surface area contributed by atoms with E-state index in [0.29, 0.717) is 16.2 Å². The van der Waals surface area contributed by atoms with Crippen molar-refractivity contribution in [2.45, 2.75) is 25.9 Å². The van der Waals surface area contributed by atoms with Gasteiger partial charge in [0.25, 0.3) is 5.91 Å². The van der Waals surface area contributed by atoms with Gasteiger partial charge in [-0.15, -0.1) is 0 Å². The second kappa shape index (κ2) is 7.78. The van der Waals surface area contributed by atoms with Gasteiger partial charge in [-0.3, -0.25) is 9.52 Å². The van der Waals surface area contributed by atoms with E-state index >= 15 is 0 Å². The summed E-state index contributed by atoms with van der Waals surface area (Å²) in [7, 11) is -1.51. The van der Waals surface area contributed by atoms with Crippen LogP contribution in [0.25, 0.3) is 16.0 Å². The Morgan fingerprint density at radius 2 is 1.84 bits per heavy atom. The number of ether oxygens (including phenoxy) is 1. The van der Waals surface area contributed by atoms with Gasteiger partial charge in [-0.25, -0.2) is 8.60 Å². The van der Waals surface area contributed by atoms with Crippen LogP contribution in [0, 0.1) is 12.7 Å². The van der Waals surface area contributed by atoms with E-state index in [9.17, 15) is 13.4 Å². The lowest BCUT2D eigenvalue weighted by Gasteiger charge is -2.16. The summed E-state index contributed by atoms with van der Waals surface area (Å²) in [6.07, 6.45) is 2.98. The summed E-state index contributed by atoms with van der Waals surface area (Å²) < 4.78 is 34.6. The maximum atomic E-state index is 14.1. The molecule has 0 saturated heterocycles. The summed E-state index contributed by atoms with van der Waals surface area (Å²) in [5.74, 6) is 0.161. The average Bonchev–Trinajstić information content (AvgIpc) is 3.33. The molecule has 0 spiro atoms. The lowest BCUT2D eigenvalue weighted by Crippen LogP contribution is -2.16. The highest BCUT2D eigenvalue weighted by molar-refractivity contribution is 7.93. The van der Waals surface area contributed by atoms with Crippen LogP contribution in [-0.4, -0.2) is 10.1 Å². The van der Waals surface area contributed by atoms with E-state index in [1.165, 1.54) is 11.6 Å². The molecule has 5 rings (SSSR count). The van der Waals surface area contributed by atoms with Gasteiger partial charge in [0, 0.05) is 6.08 Å². The van der Waals surface area contributed by atoms with Crippen molar-refractivity contribution in [2.24, 2.45) is 0 Å². The number of hydrogen-bond acceptors (Lipinski definition) is 3. The fraction of sp³-hybridized carbons (Fsp3) is 0.160. The van der Waals surface area contributed by atoms with E-state index in [0.717, 1.165) is 35.1 Å². The molecule has 4 nitrogen and oxygen atoms in total. The summed E-state index contributed by atoms with van der Waals surface area (Å²) in [4.78, 5) is 11.9. The molecule has 156 valence electrons. The SMILES string of the molecule is Cc1ccc(-c2cccc3c2CC[C@H]3Oc2ccc(C3=CC(=O)NS3=O)cc2)cc1F. The van der Waals surface area contributed by atoms with Gasteiger partial charge in [-0.2, -0.15) is 0 Å². The summed E-state index contributed by atoms with van der Waals surface area (Å²) in [5.41, 5.74) is 5.61. The number of carbonyl (C=O) groups excluding carboxylic acids is 1. The standard InChI is InChI=1S/C25H20FNO3S/c1-15-5-6-17(13-22(15)26)19-3-2-4-21-20(19)11-12-23(21)30-18-9-7-16(8-10-18)24-14-25(28)27-31(24)29/h2-10,13-14,23H,11-12H2,1H3,(H,27,28)/t23-,31?/m1/s1. The molecule has 0 bridgehead atoms. The zero-order chi connectivity index (χ0) is 21.5. The molecule has 6 heteroatoms. The Bertz CT molecular complexity index is 1250. The third-order valence-corrected chi connectivity index (χ3v) is 6.91. The van der Waals surface area contributed by atoms with Gasteiger partial charge in [0.2, 0.25) is 0 Å². The van der Waals surface area contributed by atoms with Crippen molar-refractivity contribution in [3.8, 4) is 16.9 Å². The van der Waals surface area contributed by atoms with Crippen molar-refractivity contribution in [2.75, 3.05) is 0 Å². The number of fused-ring (bicyclic) bond motifs is 1. The van der Waals surface area contributed by atoms with Gasteiger partial charge in [0.05, 0.1) is 4.91 Å². The molecule has 2 atom stereocenters. The van der Waals surface area contributed by atoms with Crippen molar-refractivity contribution in [1.82, 2.24) is 4.72 Å².